The van der Waals surface area contributed by atoms with Crippen LogP contribution >= 0.6 is 0 Å². The highest BCUT2D eigenvalue weighted by Gasteiger charge is 2.38. The van der Waals surface area contributed by atoms with Crippen LogP contribution in [0.5, 0.6) is 0 Å². The molecule has 0 aliphatic heterocycles. The van der Waals surface area contributed by atoms with Gasteiger partial charge in [-0.25, -0.2) is 0 Å². The van der Waals surface area contributed by atoms with Crippen LogP contribution in [0.2, 0.25) is 0 Å². The van der Waals surface area contributed by atoms with Gasteiger partial charge >= 0.3 is 5.97 Å². The number of hydrogen-bond donors (Lipinski definition) is 1. The van der Waals surface area contributed by atoms with Crippen molar-refractivity contribution < 1.29 is 9.90 Å². The molecule has 1 aliphatic carbocycles. The van der Waals surface area contributed by atoms with Gasteiger partial charge in [0.2, 0.25) is 0 Å². The van der Waals surface area contributed by atoms with Gasteiger partial charge in [0, 0.05) is 12.6 Å². The Bertz CT molecular complexity index is 250. The number of carboxylic acid groups (broad SMARTS) is 1. The highest BCUT2D eigenvalue weighted by atomic mass is 16.4. The van der Waals surface area contributed by atoms with Crippen molar-refractivity contribution in [2.45, 2.75) is 53.0 Å². The van der Waals surface area contributed by atoms with E-state index in [2.05, 4.69) is 25.7 Å². The van der Waals surface area contributed by atoms with Crippen LogP contribution in [0.4, 0.5) is 0 Å². The maximum Gasteiger partial charge on any atom is 0.307 e. The SMILES string of the molecule is CCN(CC(C)C(=O)O)C1CCCC1(C)C. The maximum absolute atomic E-state index is 10.9. The minimum absolute atomic E-state index is 0.267. The number of carbonyl (C=O) groups is 1. The predicted octanol–water partition coefficient (Wildman–Crippen LogP) is 2.61. The third kappa shape index (κ3) is 2.97. The van der Waals surface area contributed by atoms with Crippen molar-refractivity contribution in [3.63, 3.8) is 0 Å². The lowest BCUT2D eigenvalue weighted by atomic mass is 9.86. The average molecular weight is 227 g/mol. The van der Waals surface area contributed by atoms with Gasteiger partial charge in [0.25, 0.3) is 0 Å². The second-order valence-corrected chi connectivity index (χ2v) is 5.72. The molecule has 2 unspecified atom stereocenters. The van der Waals surface area contributed by atoms with Crippen LogP contribution in [0.25, 0.3) is 0 Å². The lowest BCUT2D eigenvalue weighted by Crippen LogP contribution is -2.44. The first-order valence-corrected chi connectivity index (χ1v) is 6.35. The van der Waals surface area contributed by atoms with Crippen LogP contribution in [-0.4, -0.2) is 35.1 Å². The summed E-state index contributed by atoms with van der Waals surface area (Å²) in [5.74, 6) is -0.953. The minimum Gasteiger partial charge on any atom is -0.481 e. The highest BCUT2D eigenvalue weighted by molar-refractivity contribution is 5.69. The summed E-state index contributed by atoms with van der Waals surface area (Å²) in [6, 6.07) is 0.555. The van der Waals surface area contributed by atoms with Gasteiger partial charge in [0.05, 0.1) is 5.92 Å². The fourth-order valence-corrected chi connectivity index (χ4v) is 2.89. The summed E-state index contributed by atoms with van der Waals surface area (Å²) < 4.78 is 0. The Balaban J connectivity index is 2.64. The summed E-state index contributed by atoms with van der Waals surface area (Å²) in [5, 5.41) is 8.97. The molecule has 16 heavy (non-hydrogen) atoms. The van der Waals surface area contributed by atoms with Gasteiger partial charge in [-0.05, 0) is 24.8 Å². The normalized spacial score (nSPS) is 25.9. The monoisotopic (exact) mass is 227 g/mol. The van der Waals surface area contributed by atoms with E-state index in [-0.39, 0.29) is 5.92 Å². The first-order chi connectivity index (χ1) is 7.38. The summed E-state index contributed by atoms with van der Waals surface area (Å²) in [6.07, 6.45) is 3.75. The summed E-state index contributed by atoms with van der Waals surface area (Å²) in [6.45, 7) is 10.2. The molecule has 0 radical (unpaired) electrons. The van der Waals surface area contributed by atoms with Gasteiger partial charge in [0.15, 0.2) is 0 Å². The van der Waals surface area contributed by atoms with Crippen LogP contribution in [0.3, 0.4) is 0 Å². The van der Waals surface area contributed by atoms with Gasteiger partial charge in [-0.1, -0.05) is 34.1 Å². The summed E-state index contributed by atoms with van der Waals surface area (Å²) >= 11 is 0. The zero-order valence-electron chi connectivity index (χ0n) is 11.0. The lowest BCUT2D eigenvalue weighted by molar-refractivity contribution is -0.142. The molecule has 1 aliphatic rings. The fourth-order valence-electron chi connectivity index (χ4n) is 2.89. The fraction of sp³-hybridized carbons (Fsp3) is 0.923. The van der Waals surface area contributed by atoms with Gasteiger partial charge < -0.3 is 5.11 Å². The molecule has 0 aromatic carbocycles. The Morgan fingerprint density at radius 3 is 2.56 bits per heavy atom. The van der Waals surface area contributed by atoms with Crippen molar-refractivity contribution in [2.75, 3.05) is 13.1 Å². The quantitative estimate of drug-likeness (QED) is 0.785. The molecule has 1 saturated carbocycles. The molecule has 0 saturated heterocycles. The van der Waals surface area contributed by atoms with Gasteiger partial charge in [-0.2, -0.15) is 0 Å². The van der Waals surface area contributed by atoms with Gasteiger partial charge in [0.1, 0.15) is 0 Å². The van der Waals surface area contributed by atoms with E-state index in [1.165, 1.54) is 19.3 Å². The molecule has 1 fully saturated rings. The number of aliphatic carboxylic acids is 1. The van der Waals surface area contributed by atoms with E-state index >= 15 is 0 Å². The molecule has 0 aromatic rings. The Morgan fingerprint density at radius 2 is 2.19 bits per heavy atom. The van der Waals surface area contributed by atoms with E-state index in [1.807, 2.05) is 0 Å². The van der Waals surface area contributed by atoms with Crippen LogP contribution in [0.1, 0.15) is 47.0 Å². The van der Waals surface area contributed by atoms with E-state index in [9.17, 15) is 4.79 Å². The van der Waals surface area contributed by atoms with E-state index in [1.54, 1.807) is 6.92 Å². The molecule has 0 heterocycles. The van der Waals surface area contributed by atoms with E-state index in [0.29, 0.717) is 18.0 Å². The number of rotatable bonds is 5. The molecule has 1 N–H and O–H groups in total. The molecule has 0 spiro atoms. The van der Waals surface area contributed by atoms with Crippen molar-refractivity contribution in [3.05, 3.63) is 0 Å². The van der Waals surface area contributed by atoms with Crippen molar-refractivity contribution in [1.29, 1.82) is 0 Å². The van der Waals surface area contributed by atoms with Crippen LogP contribution in [0, 0.1) is 11.3 Å². The zero-order chi connectivity index (χ0) is 12.3. The molecule has 0 amide bonds. The van der Waals surface area contributed by atoms with Crippen molar-refractivity contribution in [3.8, 4) is 0 Å². The molecular formula is C13H25NO2. The molecule has 3 heteroatoms. The van der Waals surface area contributed by atoms with Crippen LogP contribution in [-0.2, 0) is 4.79 Å². The number of carboxylic acids is 1. The van der Waals surface area contributed by atoms with Gasteiger partial charge in [-0.3, -0.25) is 9.69 Å². The molecule has 0 bridgehead atoms. The standard InChI is InChI=1S/C13H25NO2/c1-5-14(9-10(2)12(15)16)11-7-6-8-13(11,3)4/h10-11H,5-9H2,1-4H3,(H,15,16). The van der Waals surface area contributed by atoms with Crippen molar-refractivity contribution in [1.82, 2.24) is 4.90 Å². The second kappa shape index (κ2) is 5.17. The van der Waals surface area contributed by atoms with Crippen LogP contribution in [0.15, 0.2) is 0 Å². The van der Waals surface area contributed by atoms with E-state index in [4.69, 9.17) is 5.11 Å². The molecule has 1 rings (SSSR count). The summed E-state index contributed by atoms with van der Waals surface area (Å²) in [7, 11) is 0. The minimum atomic E-state index is -0.686. The Labute approximate surface area is 98.8 Å². The second-order valence-electron chi connectivity index (χ2n) is 5.72. The largest absolute Gasteiger partial charge is 0.481 e. The van der Waals surface area contributed by atoms with Crippen LogP contribution < -0.4 is 0 Å². The Kier molecular flexibility index (Phi) is 4.36. The zero-order valence-corrected chi connectivity index (χ0v) is 11.0. The van der Waals surface area contributed by atoms with E-state index in [0.717, 1.165) is 6.54 Å². The predicted molar refractivity (Wildman–Crippen MR) is 65.5 cm³/mol. The van der Waals surface area contributed by atoms with Crippen molar-refractivity contribution >= 4 is 5.97 Å². The molecular weight excluding hydrogens is 202 g/mol. The topological polar surface area (TPSA) is 40.5 Å². The van der Waals surface area contributed by atoms with E-state index < -0.39 is 5.97 Å². The molecule has 94 valence electrons. The number of hydrogen-bond acceptors (Lipinski definition) is 2. The third-order valence-electron chi connectivity index (χ3n) is 3.98. The smallest absolute Gasteiger partial charge is 0.307 e. The highest BCUT2D eigenvalue weighted by Crippen LogP contribution is 2.40. The Hall–Kier alpha value is -0.570. The van der Waals surface area contributed by atoms with Gasteiger partial charge in [-0.15, -0.1) is 0 Å². The lowest BCUT2D eigenvalue weighted by Gasteiger charge is -2.37. The first kappa shape index (κ1) is 13.5. The summed E-state index contributed by atoms with van der Waals surface area (Å²) in [5.41, 5.74) is 0.342. The number of nitrogens with zero attached hydrogens (tertiary/aromatic N) is 1. The molecule has 2 atom stereocenters. The Morgan fingerprint density at radius 1 is 1.56 bits per heavy atom. The molecule has 3 nitrogen and oxygen atoms in total. The first-order valence-electron chi connectivity index (χ1n) is 6.35. The molecule has 0 aromatic heterocycles. The summed E-state index contributed by atoms with van der Waals surface area (Å²) in [4.78, 5) is 13.3. The van der Waals surface area contributed by atoms with Crippen molar-refractivity contribution in [2.24, 2.45) is 11.3 Å². The maximum atomic E-state index is 10.9. The average Bonchev–Trinajstić information content (AvgIpc) is 2.54. The third-order valence-corrected chi connectivity index (χ3v) is 3.98.